The molecule has 2 N–H and O–H groups in total. The lowest BCUT2D eigenvalue weighted by Gasteiger charge is -2.00. The van der Waals surface area contributed by atoms with Crippen molar-refractivity contribution in [2.75, 3.05) is 5.73 Å². The third-order valence-electron chi connectivity index (χ3n) is 2.34. The highest BCUT2D eigenvalue weighted by atomic mass is 32.1. The summed E-state index contributed by atoms with van der Waals surface area (Å²) < 4.78 is 1.97. The third-order valence-corrected chi connectivity index (χ3v) is 3.18. The Balaban J connectivity index is 2.31. The van der Waals surface area contributed by atoms with Gasteiger partial charge in [0.1, 0.15) is 5.82 Å². The zero-order chi connectivity index (χ0) is 10.3. The number of nitrogens with two attached hydrogens (primary N) is 1. The molecule has 0 saturated heterocycles. The Morgan fingerprint density at radius 2 is 2.00 bits per heavy atom. The zero-order valence-electron chi connectivity index (χ0n) is 7.92. The van der Waals surface area contributed by atoms with Gasteiger partial charge in [0, 0.05) is 5.38 Å². The number of fused-ring (bicyclic) bond motifs is 1. The lowest BCUT2D eigenvalue weighted by atomic mass is 10.2. The van der Waals surface area contributed by atoms with E-state index in [0.717, 1.165) is 16.2 Å². The van der Waals surface area contributed by atoms with E-state index in [0.29, 0.717) is 5.82 Å². The van der Waals surface area contributed by atoms with E-state index in [-0.39, 0.29) is 0 Å². The third kappa shape index (κ3) is 1.22. The summed E-state index contributed by atoms with van der Waals surface area (Å²) in [7, 11) is 0. The van der Waals surface area contributed by atoms with Gasteiger partial charge in [0.05, 0.1) is 11.9 Å². The molecule has 0 fully saturated rings. The van der Waals surface area contributed by atoms with Crippen LogP contribution >= 0.6 is 11.3 Å². The minimum absolute atomic E-state index is 0.685. The Hall–Kier alpha value is -1.81. The number of rotatable bonds is 1. The summed E-state index contributed by atoms with van der Waals surface area (Å²) in [6.45, 7) is 0. The van der Waals surface area contributed by atoms with Crippen LogP contribution in [0.2, 0.25) is 0 Å². The Morgan fingerprint density at radius 3 is 2.80 bits per heavy atom. The first-order valence-electron chi connectivity index (χ1n) is 4.62. The van der Waals surface area contributed by atoms with Crippen molar-refractivity contribution in [1.29, 1.82) is 0 Å². The quantitative estimate of drug-likeness (QED) is 0.678. The van der Waals surface area contributed by atoms with Gasteiger partial charge >= 0.3 is 0 Å². The van der Waals surface area contributed by atoms with Crippen molar-refractivity contribution in [3.05, 3.63) is 41.9 Å². The van der Waals surface area contributed by atoms with Crippen LogP contribution in [0.4, 0.5) is 5.82 Å². The zero-order valence-corrected chi connectivity index (χ0v) is 8.74. The van der Waals surface area contributed by atoms with Crippen molar-refractivity contribution in [1.82, 2.24) is 9.38 Å². The lowest BCUT2D eigenvalue weighted by molar-refractivity contribution is 1.24. The maximum Gasteiger partial charge on any atom is 0.195 e. The predicted molar refractivity (Wildman–Crippen MR) is 62.9 cm³/mol. The molecule has 2 heterocycles. The second kappa shape index (κ2) is 3.10. The minimum Gasteiger partial charge on any atom is -0.383 e. The smallest absolute Gasteiger partial charge is 0.195 e. The second-order valence-corrected chi connectivity index (χ2v) is 4.12. The fraction of sp³-hybridized carbons (Fsp3) is 0. The Kier molecular flexibility index (Phi) is 1.76. The molecule has 0 saturated carbocycles. The number of aromatic nitrogens is 2. The van der Waals surface area contributed by atoms with Crippen molar-refractivity contribution >= 4 is 22.1 Å². The van der Waals surface area contributed by atoms with Crippen LogP contribution in [0.15, 0.2) is 41.9 Å². The molecule has 0 aliphatic heterocycles. The number of hydrogen-bond donors (Lipinski definition) is 1. The number of nitrogens with zero attached hydrogens (tertiary/aromatic N) is 2. The molecule has 0 aliphatic carbocycles. The maximum atomic E-state index is 5.87. The summed E-state index contributed by atoms with van der Waals surface area (Å²) in [6, 6.07) is 10.2. The van der Waals surface area contributed by atoms with E-state index < -0.39 is 0 Å². The van der Waals surface area contributed by atoms with Gasteiger partial charge in [-0.15, -0.1) is 11.3 Å². The molecule has 15 heavy (non-hydrogen) atoms. The van der Waals surface area contributed by atoms with Crippen LogP contribution < -0.4 is 5.73 Å². The van der Waals surface area contributed by atoms with E-state index in [9.17, 15) is 0 Å². The molecule has 0 aliphatic rings. The van der Waals surface area contributed by atoms with Gasteiger partial charge in [0.2, 0.25) is 0 Å². The topological polar surface area (TPSA) is 43.3 Å². The van der Waals surface area contributed by atoms with Gasteiger partial charge < -0.3 is 5.73 Å². The number of hydrogen-bond acceptors (Lipinski definition) is 3. The molecule has 0 unspecified atom stereocenters. The summed E-state index contributed by atoms with van der Waals surface area (Å²) in [5, 5.41) is 2.08. The average molecular weight is 215 g/mol. The molecule has 2 aromatic heterocycles. The summed E-state index contributed by atoms with van der Waals surface area (Å²) >= 11 is 1.60. The van der Waals surface area contributed by atoms with Crippen LogP contribution in [0.1, 0.15) is 0 Å². The maximum absolute atomic E-state index is 5.87. The summed E-state index contributed by atoms with van der Waals surface area (Å²) in [5.41, 5.74) is 8.13. The van der Waals surface area contributed by atoms with E-state index in [2.05, 4.69) is 22.5 Å². The van der Waals surface area contributed by atoms with Crippen LogP contribution in [-0.4, -0.2) is 9.38 Å². The molecular weight excluding hydrogens is 206 g/mol. The molecule has 3 aromatic rings. The lowest BCUT2D eigenvalue weighted by Crippen LogP contribution is -1.92. The Bertz CT molecular complexity index is 595. The van der Waals surface area contributed by atoms with Crippen molar-refractivity contribution in [2.45, 2.75) is 0 Å². The minimum atomic E-state index is 0.685. The molecule has 0 bridgehead atoms. The molecule has 0 spiro atoms. The van der Waals surface area contributed by atoms with E-state index in [1.807, 2.05) is 22.6 Å². The number of benzene rings is 1. The summed E-state index contributed by atoms with van der Waals surface area (Å²) in [5.74, 6) is 0.685. The van der Waals surface area contributed by atoms with Crippen LogP contribution in [0.3, 0.4) is 0 Å². The largest absolute Gasteiger partial charge is 0.383 e. The van der Waals surface area contributed by atoms with E-state index >= 15 is 0 Å². The highest BCUT2D eigenvalue weighted by Gasteiger charge is 2.08. The van der Waals surface area contributed by atoms with Crippen LogP contribution in [0.5, 0.6) is 0 Å². The highest BCUT2D eigenvalue weighted by Crippen LogP contribution is 2.27. The molecule has 0 radical (unpaired) electrons. The first kappa shape index (κ1) is 8.49. The molecular formula is C11H9N3S. The van der Waals surface area contributed by atoms with Crippen molar-refractivity contribution in [3.63, 3.8) is 0 Å². The molecule has 3 rings (SSSR count). The van der Waals surface area contributed by atoms with E-state index in [1.165, 1.54) is 0 Å². The van der Waals surface area contributed by atoms with Crippen LogP contribution in [0.25, 0.3) is 16.2 Å². The molecule has 0 atom stereocenters. The van der Waals surface area contributed by atoms with Crippen molar-refractivity contribution in [3.8, 4) is 11.3 Å². The van der Waals surface area contributed by atoms with Crippen molar-refractivity contribution < 1.29 is 0 Å². The number of nitrogen functional groups attached to an aromatic ring is 1. The summed E-state index contributed by atoms with van der Waals surface area (Å²) in [6.07, 6.45) is 1.69. The van der Waals surface area contributed by atoms with Gasteiger partial charge in [-0.25, -0.2) is 4.98 Å². The van der Waals surface area contributed by atoms with Gasteiger partial charge in [0.25, 0.3) is 0 Å². The standard InChI is InChI=1S/C11H9N3S/c12-10-6-13-11-14(10)9(7-15-11)8-4-2-1-3-5-8/h1-7H,12H2. The molecule has 0 amide bonds. The van der Waals surface area contributed by atoms with Crippen LogP contribution in [0, 0.1) is 0 Å². The number of thiazole rings is 1. The van der Waals surface area contributed by atoms with E-state index in [4.69, 9.17) is 5.73 Å². The summed E-state index contributed by atoms with van der Waals surface area (Å²) in [4.78, 5) is 5.16. The first-order chi connectivity index (χ1) is 7.36. The van der Waals surface area contributed by atoms with E-state index in [1.54, 1.807) is 17.5 Å². The number of anilines is 1. The fourth-order valence-electron chi connectivity index (χ4n) is 1.64. The van der Waals surface area contributed by atoms with Gasteiger partial charge in [-0.05, 0) is 5.56 Å². The molecule has 4 heteroatoms. The monoisotopic (exact) mass is 215 g/mol. The molecule has 74 valence electrons. The average Bonchev–Trinajstić information content (AvgIpc) is 2.84. The normalized spacial score (nSPS) is 10.9. The van der Waals surface area contributed by atoms with Crippen molar-refractivity contribution in [2.24, 2.45) is 0 Å². The van der Waals surface area contributed by atoms with Gasteiger partial charge in [0.15, 0.2) is 4.96 Å². The Morgan fingerprint density at radius 1 is 1.20 bits per heavy atom. The highest BCUT2D eigenvalue weighted by molar-refractivity contribution is 7.15. The van der Waals surface area contributed by atoms with Gasteiger partial charge in [-0.3, -0.25) is 4.40 Å². The molecule has 3 nitrogen and oxygen atoms in total. The van der Waals surface area contributed by atoms with Gasteiger partial charge in [-0.1, -0.05) is 30.3 Å². The predicted octanol–water partition coefficient (Wildman–Crippen LogP) is 2.65. The second-order valence-electron chi connectivity index (χ2n) is 3.29. The van der Waals surface area contributed by atoms with Crippen LogP contribution in [-0.2, 0) is 0 Å². The SMILES string of the molecule is Nc1cnc2scc(-c3ccccc3)n12. The molecule has 1 aromatic carbocycles. The Labute approximate surface area is 90.8 Å². The number of imidazole rings is 1. The fourth-order valence-corrected chi connectivity index (χ4v) is 2.52. The van der Waals surface area contributed by atoms with Gasteiger partial charge in [-0.2, -0.15) is 0 Å². The first-order valence-corrected chi connectivity index (χ1v) is 5.50.